The first-order valence-electron chi connectivity index (χ1n) is 6.04. The molecule has 2 rings (SSSR count). The molecule has 16 heavy (non-hydrogen) atoms. The average Bonchev–Trinajstić information content (AvgIpc) is 2.80. The Balaban J connectivity index is 1.88. The third-order valence-electron chi connectivity index (χ3n) is 3.56. The van der Waals surface area contributed by atoms with Gasteiger partial charge in [0.15, 0.2) is 0 Å². The van der Waals surface area contributed by atoms with Gasteiger partial charge in [0.1, 0.15) is 5.54 Å². The van der Waals surface area contributed by atoms with Crippen LogP contribution in [0.15, 0.2) is 0 Å². The quantitative estimate of drug-likeness (QED) is 0.630. The van der Waals surface area contributed by atoms with Gasteiger partial charge in [-0.25, -0.2) is 0 Å². The van der Waals surface area contributed by atoms with E-state index in [0.717, 1.165) is 32.5 Å². The van der Waals surface area contributed by atoms with E-state index in [0.29, 0.717) is 19.4 Å². The number of carbonyl (C=O) groups is 1. The lowest BCUT2D eigenvalue weighted by molar-refractivity contribution is -0.146. The summed E-state index contributed by atoms with van der Waals surface area (Å²) in [6, 6.07) is 0. The minimum atomic E-state index is -0.739. The van der Waals surface area contributed by atoms with E-state index in [1.54, 1.807) is 0 Å². The average molecular weight is 228 g/mol. The highest BCUT2D eigenvalue weighted by molar-refractivity contribution is 5.79. The van der Waals surface area contributed by atoms with Crippen molar-refractivity contribution >= 4 is 5.97 Å². The maximum Gasteiger partial charge on any atom is 0.323 e. The van der Waals surface area contributed by atoms with Crippen molar-refractivity contribution in [1.29, 1.82) is 0 Å². The molecular weight excluding hydrogens is 208 g/mol. The molecule has 0 spiro atoms. The van der Waals surface area contributed by atoms with Crippen LogP contribution >= 0.6 is 0 Å². The van der Waals surface area contributed by atoms with Crippen LogP contribution in [-0.4, -0.2) is 49.0 Å². The van der Waals surface area contributed by atoms with Gasteiger partial charge in [-0.3, -0.25) is 10.1 Å². The lowest BCUT2D eigenvalue weighted by atomic mass is 9.88. The van der Waals surface area contributed by atoms with E-state index in [4.69, 9.17) is 4.74 Å². The highest BCUT2D eigenvalue weighted by atomic mass is 16.5. The smallest absolute Gasteiger partial charge is 0.323 e. The van der Waals surface area contributed by atoms with Crippen LogP contribution in [0.3, 0.4) is 0 Å². The van der Waals surface area contributed by atoms with Gasteiger partial charge in [0.2, 0.25) is 0 Å². The minimum Gasteiger partial charge on any atom is -0.480 e. The van der Waals surface area contributed by atoms with Crippen molar-refractivity contribution in [2.45, 2.75) is 37.3 Å². The third-order valence-corrected chi connectivity index (χ3v) is 3.56. The van der Waals surface area contributed by atoms with Crippen molar-refractivity contribution in [1.82, 2.24) is 10.6 Å². The van der Waals surface area contributed by atoms with Crippen molar-refractivity contribution in [2.75, 3.05) is 26.2 Å². The lowest BCUT2D eigenvalue weighted by Gasteiger charge is -2.35. The van der Waals surface area contributed by atoms with E-state index in [1.807, 2.05) is 0 Å². The van der Waals surface area contributed by atoms with Gasteiger partial charge in [0.05, 0.1) is 6.10 Å². The van der Waals surface area contributed by atoms with Crippen LogP contribution in [0, 0.1) is 0 Å². The summed E-state index contributed by atoms with van der Waals surface area (Å²) in [6.45, 7) is 3.01. The van der Waals surface area contributed by atoms with Crippen LogP contribution in [0.5, 0.6) is 0 Å². The second-order valence-corrected chi connectivity index (χ2v) is 4.65. The van der Waals surface area contributed by atoms with Crippen LogP contribution < -0.4 is 10.6 Å². The molecule has 0 aliphatic carbocycles. The summed E-state index contributed by atoms with van der Waals surface area (Å²) >= 11 is 0. The predicted molar refractivity (Wildman–Crippen MR) is 59.4 cm³/mol. The number of rotatable bonds is 4. The molecule has 5 heteroatoms. The fourth-order valence-corrected chi connectivity index (χ4v) is 2.43. The van der Waals surface area contributed by atoms with Gasteiger partial charge in [-0.2, -0.15) is 0 Å². The Morgan fingerprint density at radius 2 is 2.25 bits per heavy atom. The van der Waals surface area contributed by atoms with Crippen LogP contribution in [0.1, 0.15) is 25.7 Å². The molecule has 2 aliphatic rings. The van der Waals surface area contributed by atoms with Crippen molar-refractivity contribution in [3.05, 3.63) is 0 Å². The van der Waals surface area contributed by atoms with Crippen LogP contribution in [0.25, 0.3) is 0 Å². The van der Waals surface area contributed by atoms with Crippen molar-refractivity contribution in [3.8, 4) is 0 Å². The number of piperidine rings is 1. The van der Waals surface area contributed by atoms with Gasteiger partial charge < -0.3 is 15.2 Å². The number of nitrogens with one attached hydrogen (secondary N) is 2. The van der Waals surface area contributed by atoms with Gasteiger partial charge in [0, 0.05) is 13.2 Å². The lowest BCUT2D eigenvalue weighted by Crippen LogP contribution is -2.59. The molecule has 5 nitrogen and oxygen atoms in total. The largest absolute Gasteiger partial charge is 0.480 e. The molecule has 0 aromatic heterocycles. The second-order valence-electron chi connectivity index (χ2n) is 4.65. The molecule has 0 aromatic rings. The Morgan fingerprint density at radius 3 is 2.81 bits per heavy atom. The maximum atomic E-state index is 11.4. The summed E-state index contributed by atoms with van der Waals surface area (Å²) < 4.78 is 5.50. The zero-order valence-corrected chi connectivity index (χ0v) is 9.50. The number of hydrogen-bond donors (Lipinski definition) is 3. The van der Waals surface area contributed by atoms with Gasteiger partial charge in [-0.1, -0.05) is 0 Å². The maximum absolute atomic E-state index is 11.4. The molecule has 1 unspecified atom stereocenters. The Labute approximate surface area is 95.5 Å². The Kier molecular flexibility index (Phi) is 3.78. The summed E-state index contributed by atoms with van der Waals surface area (Å²) in [7, 11) is 0. The summed E-state index contributed by atoms with van der Waals surface area (Å²) in [5.74, 6) is -0.730. The molecular formula is C11H20N2O3. The number of carboxylic acids is 1. The first-order valence-corrected chi connectivity index (χ1v) is 6.04. The Bertz CT molecular complexity index is 246. The molecule has 2 fully saturated rings. The molecule has 2 saturated heterocycles. The molecule has 3 N–H and O–H groups in total. The summed E-state index contributed by atoms with van der Waals surface area (Å²) in [5, 5.41) is 15.7. The minimum absolute atomic E-state index is 0.200. The van der Waals surface area contributed by atoms with Crippen molar-refractivity contribution < 1.29 is 14.6 Å². The number of aliphatic carboxylic acids is 1. The van der Waals surface area contributed by atoms with E-state index < -0.39 is 11.5 Å². The van der Waals surface area contributed by atoms with E-state index in [-0.39, 0.29) is 6.10 Å². The Morgan fingerprint density at radius 1 is 1.50 bits per heavy atom. The van der Waals surface area contributed by atoms with Gasteiger partial charge >= 0.3 is 5.97 Å². The fraction of sp³-hybridized carbons (Fsp3) is 0.909. The zero-order chi connectivity index (χ0) is 11.4. The van der Waals surface area contributed by atoms with Crippen LogP contribution in [-0.2, 0) is 9.53 Å². The molecule has 0 bridgehead atoms. The topological polar surface area (TPSA) is 70.6 Å². The number of hydrogen-bond acceptors (Lipinski definition) is 4. The normalized spacial score (nSPS) is 29.1. The Hall–Kier alpha value is -0.650. The first kappa shape index (κ1) is 11.8. The molecule has 92 valence electrons. The number of ether oxygens (including phenoxy) is 1. The summed E-state index contributed by atoms with van der Waals surface area (Å²) in [5.41, 5.74) is -0.739. The third kappa shape index (κ3) is 2.53. The molecule has 1 atom stereocenters. The molecule has 0 radical (unpaired) electrons. The van der Waals surface area contributed by atoms with Crippen molar-refractivity contribution in [2.24, 2.45) is 0 Å². The van der Waals surface area contributed by atoms with Crippen molar-refractivity contribution in [3.63, 3.8) is 0 Å². The standard InChI is InChI=1S/C11H20N2O3/c14-10(15)11(3-5-12-6-4-11)13-8-9-2-1-7-16-9/h9,12-13H,1-8H2,(H,14,15). The van der Waals surface area contributed by atoms with Crippen LogP contribution in [0.4, 0.5) is 0 Å². The molecule has 0 aromatic carbocycles. The molecule has 0 amide bonds. The molecule has 2 aliphatic heterocycles. The highest BCUT2D eigenvalue weighted by Crippen LogP contribution is 2.20. The fourth-order valence-electron chi connectivity index (χ4n) is 2.43. The summed E-state index contributed by atoms with van der Waals surface area (Å²) in [4.78, 5) is 11.4. The zero-order valence-electron chi connectivity index (χ0n) is 9.50. The van der Waals surface area contributed by atoms with E-state index in [2.05, 4.69) is 10.6 Å². The monoisotopic (exact) mass is 228 g/mol. The van der Waals surface area contributed by atoms with E-state index >= 15 is 0 Å². The summed E-state index contributed by atoms with van der Waals surface area (Å²) in [6.07, 6.45) is 3.63. The van der Waals surface area contributed by atoms with Gasteiger partial charge in [-0.15, -0.1) is 0 Å². The molecule has 0 saturated carbocycles. The SMILES string of the molecule is O=C(O)C1(NCC2CCCO2)CCNCC1. The molecule has 2 heterocycles. The first-order chi connectivity index (χ1) is 7.73. The van der Waals surface area contributed by atoms with Gasteiger partial charge in [0.25, 0.3) is 0 Å². The van der Waals surface area contributed by atoms with E-state index in [1.165, 1.54) is 0 Å². The highest BCUT2D eigenvalue weighted by Gasteiger charge is 2.39. The second kappa shape index (κ2) is 5.12. The number of carboxylic acid groups (broad SMARTS) is 1. The predicted octanol–water partition coefficient (Wildman–Crippen LogP) is -0.0382. The van der Waals surface area contributed by atoms with Crippen LogP contribution in [0.2, 0.25) is 0 Å². The van der Waals surface area contributed by atoms with Gasteiger partial charge in [-0.05, 0) is 38.8 Å². The van der Waals surface area contributed by atoms with E-state index in [9.17, 15) is 9.90 Å².